The monoisotopic (exact) mass is 344 g/mol. The molecule has 1 saturated heterocycles. The average Bonchev–Trinajstić information content (AvgIpc) is 3.35. The highest BCUT2D eigenvalue weighted by Gasteiger charge is 2.41. The number of rotatable bonds is 6. The molecule has 1 saturated carbocycles. The van der Waals surface area contributed by atoms with Gasteiger partial charge in [-0.15, -0.1) is 0 Å². The highest BCUT2D eigenvalue weighted by Crippen LogP contribution is 2.35. The Labute approximate surface area is 149 Å². The molecule has 1 aromatic rings. The molecule has 1 N–H and O–H groups in total. The van der Waals surface area contributed by atoms with Crippen molar-refractivity contribution in [2.75, 3.05) is 26.7 Å². The fourth-order valence-corrected chi connectivity index (χ4v) is 3.50. The summed E-state index contributed by atoms with van der Waals surface area (Å²) >= 11 is 0. The van der Waals surface area contributed by atoms with Crippen LogP contribution in [0.15, 0.2) is 24.3 Å². The van der Waals surface area contributed by atoms with E-state index in [9.17, 15) is 9.59 Å². The molecule has 0 radical (unpaired) electrons. The molecular formula is C20H28N2O3. The average molecular weight is 344 g/mol. The Morgan fingerprint density at radius 2 is 1.88 bits per heavy atom. The van der Waals surface area contributed by atoms with Gasteiger partial charge in [0.1, 0.15) is 5.75 Å². The third-order valence-electron chi connectivity index (χ3n) is 5.27. The molecule has 2 amide bonds. The number of benzene rings is 1. The van der Waals surface area contributed by atoms with E-state index in [1.54, 1.807) is 7.11 Å². The number of nitrogens with zero attached hydrogens (tertiary/aromatic N) is 1. The molecule has 2 fully saturated rings. The summed E-state index contributed by atoms with van der Waals surface area (Å²) in [6.07, 6.45) is 2.43. The third-order valence-corrected chi connectivity index (χ3v) is 5.27. The van der Waals surface area contributed by atoms with Crippen LogP contribution >= 0.6 is 0 Å². The zero-order chi connectivity index (χ0) is 18.0. The Bertz CT molecular complexity index is 622. The lowest BCUT2D eigenvalue weighted by molar-refractivity contribution is -0.133. The maximum absolute atomic E-state index is 12.7. The smallest absolute Gasteiger partial charge is 0.225 e. The molecule has 0 aromatic heterocycles. The lowest BCUT2D eigenvalue weighted by atomic mass is 9.88. The first-order chi connectivity index (χ1) is 12.0. The minimum Gasteiger partial charge on any atom is -0.497 e. The topological polar surface area (TPSA) is 58.6 Å². The molecule has 1 heterocycles. The third kappa shape index (κ3) is 4.14. The maximum atomic E-state index is 12.7. The van der Waals surface area contributed by atoms with Crippen LogP contribution in [0.3, 0.4) is 0 Å². The normalized spacial score (nSPS) is 23.0. The van der Waals surface area contributed by atoms with E-state index in [0.29, 0.717) is 19.0 Å². The number of ether oxygens (including phenoxy) is 1. The SMILES string of the molecule is COc1ccc(C2CN(C(=O)C(C)C)CC2C(=O)NCC2CC2)cc1. The standard InChI is InChI=1S/C20H28N2O3/c1-13(2)20(24)22-11-17(15-6-8-16(25-3)9-7-15)18(12-22)19(23)21-10-14-4-5-14/h6-9,13-14,17-18H,4-5,10-12H2,1-3H3,(H,21,23). The van der Waals surface area contributed by atoms with Crippen LogP contribution in [-0.2, 0) is 9.59 Å². The van der Waals surface area contributed by atoms with Crippen LogP contribution in [-0.4, -0.2) is 43.5 Å². The van der Waals surface area contributed by atoms with Gasteiger partial charge in [-0.1, -0.05) is 26.0 Å². The Balaban J connectivity index is 1.76. The number of amides is 2. The second-order valence-electron chi connectivity index (χ2n) is 7.57. The second kappa shape index (κ2) is 7.46. The number of carbonyl (C=O) groups excluding carboxylic acids is 2. The number of hydrogen-bond acceptors (Lipinski definition) is 3. The molecule has 5 heteroatoms. The summed E-state index contributed by atoms with van der Waals surface area (Å²) in [7, 11) is 1.64. The number of carbonyl (C=O) groups is 2. The van der Waals surface area contributed by atoms with E-state index >= 15 is 0 Å². The predicted octanol–water partition coefficient (Wildman–Crippen LogP) is 2.42. The first-order valence-corrected chi connectivity index (χ1v) is 9.20. The highest BCUT2D eigenvalue weighted by atomic mass is 16.5. The van der Waals surface area contributed by atoms with Gasteiger partial charge in [0.2, 0.25) is 11.8 Å². The molecule has 1 aliphatic heterocycles. The maximum Gasteiger partial charge on any atom is 0.225 e. The summed E-state index contributed by atoms with van der Waals surface area (Å²) in [5.41, 5.74) is 1.09. The quantitative estimate of drug-likeness (QED) is 0.862. The van der Waals surface area contributed by atoms with E-state index in [4.69, 9.17) is 4.74 Å². The second-order valence-corrected chi connectivity index (χ2v) is 7.57. The predicted molar refractivity (Wildman–Crippen MR) is 96.4 cm³/mol. The first-order valence-electron chi connectivity index (χ1n) is 9.20. The molecule has 5 nitrogen and oxygen atoms in total. The summed E-state index contributed by atoms with van der Waals surface area (Å²) < 4.78 is 5.22. The van der Waals surface area contributed by atoms with E-state index in [2.05, 4.69) is 5.32 Å². The summed E-state index contributed by atoms with van der Waals surface area (Å²) in [6, 6.07) is 7.85. The van der Waals surface area contributed by atoms with Gasteiger partial charge in [0, 0.05) is 31.5 Å². The Hall–Kier alpha value is -2.04. The summed E-state index contributed by atoms with van der Waals surface area (Å²) in [4.78, 5) is 27.0. The van der Waals surface area contributed by atoms with Crippen molar-refractivity contribution in [1.29, 1.82) is 0 Å². The molecule has 136 valence electrons. The zero-order valence-electron chi connectivity index (χ0n) is 15.3. The van der Waals surface area contributed by atoms with Crippen molar-refractivity contribution in [3.63, 3.8) is 0 Å². The van der Waals surface area contributed by atoms with Gasteiger partial charge >= 0.3 is 0 Å². The Morgan fingerprint density at radius 1 is 1.20 bits per heavy atom. The fourth-order valence-electron chi connectivity index (χ4n) is 3.50. The van der Waals surface area contributed by atoms with Crippen LogP contribution in [0.2, 0.25) is 0 Å². The highest BCUT2D eigenvalue weighted by molar-refractivity contribution is 5.84. The van der Waals surface area contributed by atoms with Gasteiger partial charge in [0.05, 0.1) is 13.0 Å². The van der Waals surface area contributed by atoms with Gasteiger partial charge in [0.25, 0.3) is 0 Å². The minimum atomic E-state index is -0.185. The molecule has 0 bridgehead atoms. The molecule has 2 aliphatic rings. The van der Waals surface area contributed by atoms with Gasteiger partial charge in [-0.05, 0) is 36.5 Å². The van der Waals surface area contributed by atoms with Crippen molar-refractivity contribution in [2.24, 2.45) is 17.8 Å². The molecule has 3 rings (SSSR count). The van der Waals surface area contributed by atoms with Crippen molar-refractivity contribution in [3.05, 3.63) is 29.8 Å². The van der Waals surface area contributed by atoms with Crippen LogP contribution in [0.25, 0.3) is 0 Å². The van der Waals surface area contributed by atoms with Gasteiger partial charge in [0.15, 0.2) is 0 Å². The fraction of sp³-hybridized carbons (Fsp3) is 0.600. The Kier molecular flexibility index (Phi) is 5.30. The molecule has 1 aliphatic carbocycles. The van der Waals surface area contributed by atoms with Crippen molar-refractivity contribution in [1.82, 2.24) is 10.2 Å². The van der Waals surface area contributed by atoms with Gasteiger partial charge < -0.3 is 15.0 Å². The largest absolute Gasteiger partial charge is 0.497 e. The van der Waals surface area contributed by atoms with Crippen LogP contribution < -0.4 is 10.1 Å². The molecule has 2 atom stereocenters. The lowest BCUT2D eigenvalue weighted by Crippen LogP contribution is -2.37. The number of hydrogen-bond donors (Lipinski definition) is 1. The molecular weight excluding hydrogens is 316 g/mol. The molecule has 0 spiro atoms. The van der Waals surface area contributed by atoms with E-state index in [1.165, 1.54) is 12.8 Å². The van der Waals surface area contributed by atoms with Gasteiger partial charge in [-0.2, -0.15) is 0 Å². The summed E-state index contributed by atoms with van der Waals surface area (Å²) in [6.45, 7) is 5.69. The Morgan fingerprint density at radius 3 is 2.44 bits per heavy atom. The number of likely N-dealkylation sites (tertiary alicyclic amines) is 1. The van der Waals surface area contributed by atoms with Crippen LogP contribution in [0, 0.1) is 17.8 Å². The summed E-state index contributed by atoms with van der Waals surface area (Å²) in [5, 5.41) is 3.10. The first kappa shape index (κ1) is 17.8. The van der Waals surface area contributed by atoms with Crippen LogP contribution in [0.1, 0.15) is 38.2 Å². The van der Waals surface area contributed by atoms with Crippen molar-refractivity contribution in [2.45, 2.75) is 32.6 Å². The summed E-state index contributed by atoms with van der Waals surface area (Å²) in [5.74, 6) is 1.44. The van der Waals surface area contributed by atoms with E-state index in [0.717, 1.165) is 17.9 Å². The molecule has 25 heavy (non-hydrogen) atoms. The van der Waals surface area contributed by atoms with Crippen molar-refractivity contribution in [3.8, 4) is 5.75 Å². The zero-order valence-corrected chi connectivity index (χ0v) is 15.3. The van der Waals surface area contributed by atoms with Crippen LogP contribution in [0.4, 0.5) is 0 Å². The molecule has 2 unspecified atom stereocenters. The van der Waals surface area contributed by atoms with Crippen LogP contribution in [0.5, 0.6) is 5.75 Å². The van der Waals surface area contributed by atoms with Crippen molar-refractivity contribution >= 4 is 11.8 Å². The van der Waals surface area contributed by atoms with E-state index < -0.39 is 0 Å². The van der Waals surface area contributed by atoms with Gasteiger partial charge in [-0.25, -0.2) is 0 Å². The number of methoxy groups -OCH3 is 1. The lowest BCUT2D eigenvalue weighted by Gasteiger charge is -2.18. The van der Waals surface area contributed by atoms with E-state index in [-0.39, 0.29) is 29.6 Å². The minimum absolute atomic E-state index is 0.0350. The van der Waals surface area contributed by atoms with E-state index in [1.807, 2.05) is 43.0 Å². The van der Waals surface area contributed by atoms with Crippen molar-refractivity contribution < 1.29 is 14.3 Å². The number of nitrogens with one attached hydrogen (secondary N) is 1. The van der Waals surface area contributed by atoms with Gasteiger partial charge in [-0.3, -0.25) is 9.59 Å². The molecule has 1 aromatic carbocycles.